The summed E-state index contributed by atoms with van der Waals surface area (Å²) in [6.45, 7) is 8.31. The third-order valence-corrected chi connectivity index (χ3v) is 10.2. The minimum atomic E-state index is -0.791. The molecule has 0 bridgehead atoms. The lowest BCUT2D eigenvalue weighted by atomic mass is 9.78. The van der Waals surface area contributed by atoms with E-state index >= 15 is 0 Å². The van der Waals surface area contributed by atoms with Crippen LogP contribution >= 0.6 is 11.8 Å². The topological polar surface area (TPSA) is 81.2 Å². The van der Waals surface area contributed by atoms with Crippen molar-refractivity contribution in [1.82, 2.24) is 9.80 Å². The Balaban J connectivity index is 1.58. The molecule has 38 heavy (non-hydrogen) atoms. The van der Waals surface area contributed by atoms with E-state index in [2.05, 4.69) is 25.2 Å². The zero-order valence-corrected chi connectivity index (χ0v) is 23.5. The van der Waals surface area contributed by atoms with Gasteiger partial charge in [0.2, 0.25) is 11.8 Å². The van der Waals surface area contributed by atoms with E-state index < -0.39 is 22.6 Å². The Morgan fingerprint density at radius 2 is 1.74 bits per heavy atom. The summed E-state index contributed by atoms with van der Waals surface area (Å²) in [5.74, 6) is -1.18. The predicted octanol–water partition coefficient (Wildman–Crippen LogP) is 3.47. The van der Waals surface area contributed by atoms with Crippen molar-refractivity contribution >= 4 is 35.2 Å². The van der Waals surface area contributed by atoms with Crippen LogP contribution in [0.1, 0.15) is 43.7 Å². The van der Waals surface area contributed by atoms with E-state index in [1.807, 2.05) is 47.9 Å². The lowest BCUT2D eigenvalue weighted by Gasteiger charge is -2.36. The molecule has 4 aliphatic heterocycles. The van der Waals surface area contributed by atoms with E-state index in [0.29, 0.717) is 39.0 Å². The number of rotatable bonds is 8. The number of aryl methyl sites for hydroxylation is 2. The lowest BCUT2D eigenvalue weighted by molar-refractivity contribution is -0.142. The Bertz CT molecular complexity index is 1150. The van der Waals surface area contributed by atoms with Gasteiger partial charge in [0.1, 0.15) is 6.04 Å². The minimum absolute atomic E-state index is 0.0298. The average Bonchev–Trinajstić information content (AvgIpc) is 3.20. The van der Waals surface area contributed by atoms with E-state index in [4.69, 9.17) is 0 Å². The van der Waals surface area contributed by atoms with Crippen LogP contribution in [-0.4, -0.2) is 81.5 Å². The first-order valence-corrected chi connectivity index (χ1v) is 14.8. The molecule has 1 aromatic carbocycles. The number of carbonyl (C=O) groups is 3. The largest absolute Gasteiger partial charge is 0.396 e. The van der Waals surface area contributed by atoms with Gasteiger partial charge in [-0.15, -0.1) is 11.8 Å². The monoisotopic (exact) mass is 537 g/mol. The zero-order chi connectivity index (χ0) is 27.0. The number of aliphatic hydroxyl groups excluding tert-OH is 1. The molecule has 0 radical (unpaired) electrons. The van der Waals surface area contributed by atoms with Gasteiger partial charge in [-0.2, -0.15) is 0 Å². The number of nitrogens with zero attached hydrogens (tertiary/aromatic N) is 3. The number of hydrogen-bond donors (Lipinski definition) is 1. The molecule has 0 saturated carbocycles. The van der Waals surface area contributed by atoms with Gasteiger partial charge in [0.05, 0.1) is 16.6 Å². The van der Waals surface area contributed by atoms with E-state index in [0.717, 1.165) is 29.7 Å². The molecule has 5 rings (SSSR count). The van der Waals surface area contributed by atoms with Gasteiger partial charge in [-0.3, -0.25) is 14.4 Å². The van der Waals surface area contributed by atoms with Gasteiger partial charge in [0, 0.05) is 43.7 Å². The fourth-order valence-corrected chi connectivity index (χ4v) is 8.91. The molecule has 3 amide bonds. The number of carbonyl (C=O) groups excluding carboxylic acids is 3. The number of anilines is 1. The van der Waals surface area contributed by atoms with Crippen molar-refractivity contribution in [3.63, 3.8) is 0 Å². The van der Waals surface area contributed by atoms with E-state index in [-0.39, 0.29) is 29.6 Å². The molecule has 4 heterocycles. The number of thioether (sulfide) groups is 1. The van der Waals surface area contributed by atoms with Crippen molar-refractivity contribution < 1.29 is 19.5 Å². The summed E-state index contributed by atoms with van der Waals surface area (Å²) in [5, 5.41) is 9.13. The highest BCUT2D eigenvalue weighted by atomic mass is 32.2. The van der Waals surface area contributed by atoms with Crippen molar-refractivity contribution in [2.45, 2.75) is 62.5 Å². The van der Waals surface area contributed by atoms with Crippen molar-refractivity contribution in [1.29, 1.82) is 0 Å². The van der Waals surface area contributed by atoms with Crippen LogP contribution in [-0.2, 0) is 14.4 Å². The average molecular weight is 538 g/mol. The number of unbranched alkanes of at least 4 members (excludes halogenated alkanes) is 2. The number of aliphatic hydroxyl groups is 1. The molecule has 0 aromatic heterocycles. The number of fused-ring (bicyclic) bond motifs is 2. The number of hydrogen-bond acceptors (Lipinski definition) is 5. The van der Waals surface area contributed by atoms with Crippen molar-refractivity contribution in [2.75, 3.05) is 37.7 Å². The lowest BCUT2D eigenvalue weighted by Crippen LogP contribution is -2.53. The first-order valence-electron chi connectivity index (χ1n) is 14.0. The van der Waals surface area contributed by atoms with Crippen LogP contribution in [0.4, 0.5) is 5.69 Å². The fourth-order valence-electron chi connectivity index (χ4n) is 6.90. The first kappa shape index (κ1) is 27.0. The van der Waals surface area contributed by atoms with Gasteiger partial charge < -0.3 is 19.8 Å². The maximum absolute atomic E-state index is 14.6. The molecular weight excluding hydrogens is 498 g/mol. The second kappa shape index (κ2) is 10.9. The maximum Gasteiger partial charge on any atom is 0.251 e. The maximum atomic E-state index is 14.6. The van der Waals surface area contributed by atoms with Crippen molar-refractivity contribution in [3.8, 4) is 0 Å². The van der Waals surface area contributed by atoms with Crippen LogP contribution in [0.25, 0.3) is 0 Å². The third kappa shape index (κ3) is 4.30. The summed E-state index contributed by atoms with van der Waals surface area (Å²) in [6, 6.07) is 5.36. The molecule has 8 heteroatoms. The van der Waals surface area contributed by atoms with Gasteiger partial charge in [-0.25, -0.2) is 0 Å². The van der Waals surface area contributed by atoms with E-state index in [9.17, 15) is 19.5 Å². The smallest absolute Gasteiger partial charge is 0.251 e. The molecule has 4 aliphatic rings. The predicted molar refractivity (Wildman–Crippen MR) is 151 cm³/mol. The number of amides is 3. The fraction of sp³-hybridized carbons (Fsp3) is 0.567. The van der Waals surface area contributed by atoms with Gasteiger partial charge in [0.15, 0.2) is 0 Å². The molecule has 204 valence electrons. The first-order chi connectivity index (χ1) is 18.4. The van der Waals surface area contributed by atoms with Crippen LogP contribution in [0.5, 0.6) is 0 Å². The summed E-state index contributed by atoms with van der Waals surface area (Å²) in [7, 11) is 0. The number of benzene rings is 1. The van der Waals surface area contributed by atoms with Crippen LogP contribution in [0.15, 0.2) is 42.5 Å². The molecule has 1 unspecified atom stereocenters. The quantitative estimate of drug-likeness (QED) is 0.406. The van der Waals surface area contributed by atoms with Gasteiger partial charge >= 0.3 is 0 Å². The molecule has 1 aromatic rings. The second-order valence-electron chi connectivity index (χ2n) is 11.0. The third-order valence-electron chi connectivity index (χ3n) is 8.50. The Morgan fingerprint density at radius 3 is 2.45 bits per heavy atom. The van der Waals surface area contributed by atoms with Gasteiger partial charge in [-0.05, 0) is 50.7 Å². The Morgan fingerprint density at radius 1 is 0.974 bits per heavy atom. The van der Waals surface area contributed by atoms with Crippen molar-refractivity contribution in [3.05, 3.63) is 53.6 Å². The van der Waals surface area contributed by atoms with Crippen LogP contribution in [0, 0.1) is 25.7 Å². The summed E-state index contributed by atoms with van der Waals surface area (Å²) < 4.78 is -0.791. The Hall–Kier alpha value is -2.58. The minimum Gasteiger partial charge on any atom is -0.396 e. The van der Waals surface area contributed by atoms with Crippen LogP contribution in [0.2, 0.25) is 0 Å². The molecular formula is C30H39N3O4S. The second-order valence-corrected chi connectivity index (χ2v) is 12.4. The summed E-state index contributed by atoms with van der Waals surface area (Å²) in [6.07, 6.45) is 11.3. The highest BCUT2D eigenvalue weighted by molar-refractivity contribution is 8.02. The highest BCUT2D eigenvalue weighted by Gasteiger charge is 2.71. The summed E-state index contributed by atoms with van der Waals surface area (Å²) in [4.78, 5) is 48.2. The molecule has 1 spiro atoms. The summed E-state index contributed by atoms with van der Waals surface area (Å²) in [5.41, 5.74) is 2.95. The van der Waals surface area contributed by atoms with Crippen LogP contribution < -0.4 is 4.90 Å². The molecule has 2 saturated heterocycles. The Labute approximate surface area is 229 Å². The van der Waals surface area contributed by atoms with E-state index in [1.54, 1.807) is 16.7 Å². The Kier molecular flexibility index (Phi) is 7.74. The number of para-hydroxylation sites is 1. The standard InChI is InChI=1S/C30H39N3O4S/c1-4-15-31-16-9-13-22-23(27(31)35)24-28(36)33(17-6-5-7-19-34)26-29(37)32(18-10-14-30(24,26)38-22)25-20(2)11-8-12-21(25)3/h8-14,22-24,26,34H,4-7,15-19H2,1-3H3/t22-,23+,24-,26?,30-/m0/s1. The molecule has 1 N–H and O–H groups in total. The molecule has 7 nitrogen and oxygen atoms in total. The van der Waals surface area contributed by atoms with Crippen molar-refractivity contribution in [2.24, 2.45) is 11.8 Å². The summed E-state index contributed by atoms with van der Waals surface area (Å²) >= 11 is 1.64. The molecule has 2 fully saturated rings. The normalized spacial score (nSPS) is 30.4. The highest BCUT2D eigenvalue weighted by Crippen LogP contribution is 2.61. The van der Waals surface area contributed by atoms with Crippen LogP contribution in [0.3, 0.4) is 0 Å². The molecule has 0 aliphatic carbocycles. The zero-order valence-electron chi connectivity index (χ0n) is 22.6. The number of likely N-dealkylation sites (tertiary alicyclic amines) is 1. The van der Waals surface area contributed by atoms with Gasteiger partial charge in [0.25, 0.3) is 5.91 Å². The molecule has 5 atom stereocenters. The SMILES string of the molecule is CCCN1CC=C[C@@H]2S[C@]34C=CCN(c5c(C)cccc5C)C(=O)C3N(CCCCCO)C(=O)[C@@H]4[C@@H]2C1=O. The van der Waals surface area contributed by atoms with E-state index in [1.165, 1.54) is 0 Å². The van der Waals surface area contributed by atoms with Gasteiger partial charge in [-0.1, -0.05) is 49.4 Å².